The van der Waals surface area contributed by atoms with Crippen molar-refractivity contribution >= 4 is 44.5 Å². The number of benzene rings is 2. The highest BCUT2D eigenvalue weighted by molar-refractivity contribution is 7.80. The number of hydrogen-bond donors (Lipinski definition) is 0. The lowest BCUT2D eigenvalue weighted by Gasteiger charge is -2.28. The molecule has 0 amide bonds. The third-order valence-electron chi connectivity index (χ3n) is 3.90. The normalized spacial score (nSPS) is 11.7. The molecule has 0 N–H and O–H groups in total. The van der Waals surface area contributed by atoms with E-state index in [0.717, 1.165) is 20.9 Å². The third kappa shape index (κ3) is 4.57. The summed E-state index contributed by atoms with van der Waals surface area (Å²) < 4.78 is 7.08. The Bertz CT molecular complexity index is 884. The van der Waals surface area contributed by atoms with Crippen molar-refractivity contribution in [3.8, 4) is 6.07 Å². The fourth-order valence-electron chi connectivity index (χ4n) is 2.74. The molecular weight excluding hydrogens is 362 g/mol. The van der Waals surface area contributed by atoms with Gasteiger partial charge in [-0.1, -0.05) is 30.3 Å². The molecule has 2 aromatic carbocycles. The summed E-state index contributed by atoms with van der Waals surface area (Å²) >= 11 is 6.81. The van der Waals surface area contributed by atoms with E-state index in [1.165, 1.54) is 0 Å². The fraction of sp³-hybridized carbons (Fsp3) is 0.250. The first-order chi connectivity index (χ1) is 12.7. The zero-order valence-electron chi connectivity index (χ0n) is 14.5. The molecule has 1 unspecified atom stereocenters. The Morgan fingerprint density at radius 2 is 1.96 bits per heavy atom. The molecule has 0 aliphatic heterocycles. The number of thiazole rings is 1. The van der Waals surface area contributed by atoms with E-state index in [4.69, 9.17) is 27.2 Å². The number of thiocarbonyl (C=S) groups is 1. The quantitative estimate of drug-likeness (QED) is 0.532. The monoisotopic (exact) mass is 381 g/mol. The van der Waals surface area contributed by atoms with E-state index in [2.05, 4.69) is 17.0 Å². The lowest BCUT2D eigenvalue weighted by Crippen LogP contribution is -2.31. The van der Waals surface area contributed by atoms with Gasteiger partial charge in [0.25, 0.3) is 0 Å². The summed E-state index contributed by atoms with van der Waals surface area (Å²) in [5, 5.41) is 10.4. The van der Waals surface area contributed by atoms with Crippen molar-refractivity contribution in [2.45, 2.75) is 19.4 Å². The predicted octanol–water partition coefficient (Wildman–Crippen LogP) is 5.12. The summed E-state index contributed by atoms with van der Waals surface area (Å²) in [6, 6.07) is 20.3. The molecule has 1 heterocycles. The summed E-state index contributed by atoms with van der Waals surface area (Å²) in [6.45, 7) is 2.99. The SMILES string of the molecule is CC(=S)OC(CN(CCC#N)c1ccccc1)c1nc2ccccc2s1. The second-order valence-corrected chi connectivity index (χ2v) is 7.44. The Morgan fingerprint density at radius 1 is 1.23 bits per heavy atom. The second kappa shape index (κ2) is 8.75. The van der Waals surface area contributed by atoms with E-state index in [1.807, 2.05) is 48.5 Å². The number of rotatable bonds is 7. The number of para-hydroxylation sites is 2. The van der Waals surface area contributed by atoms with E-state index < -0.39 is 0 Å². The van der Waals surface area contributed by atoms with Crippen molar-refractivity contribution < 1.29 is 4.74 Å². The van der Waals surface area contributed by atoms with Gasteiger partial charge in [-0.2, -0.15) is 5.26 Å². The minimum Gasteiger partial charge on any atom is -0.475 e. The highest BCUT2D eigenvalue weighted by Gasteiger charge is 2.22. The average Bonchev–Trinajstić information content (AvgIpc) is 3.08. The molecule has 26 heavy (non-hydrogen) atoms. The van der Waals surface area contributed by atoms with E-state index in [-0.39, 0.29) is 6.10 Å². The van der Waals surface area contributed by atoms with Crippen molar-refractivity contribution in [1.82, 2.24) is 4.98 Å². The molecule has 4 nitrogen and oxygen atoms in total. The number of anilines is 1. The zero-order valence-corrected chi connectivity index (χ0v) is 16.1. The Hall–Kier alpha value is -2.49. The van der Waals surface area contributed by atoms with Crippen molar-refractivity contribution in [3.63, 3.8) is 0 Å². The standard InChI is InChI=1S/C20H19N3OS2/c1-15(25)24-18(20-22-17-10-5-6-11-19(17)26-20)14-23(13-7-12-21)16-8-3-2-4-9-16/h2-6,8-11,18H,7,13-14H2,1H3. The minimum absolute atomic E-state index is 0.274. The Balaban J connectivity index is 1.90. The first kappa shape index (κ1) is 18.3. The molecule has 0 bridgehead atoms. The molecule has 0 saturated heterocycles. The van der Waals surface area contributed by atoms with Crippen LogP contribution in [0.15, 0.2) is 54.6 Å². The first-order valence-electron chi connectivity index (χ1n) is 8.37. The van der Waals surface area contributed by atoms with Crippen LogP contribution >= 0.6 is 23.6 Å². The number of aromatic nitrogens is 1. The molecule has 0 saturated carbocycles. The van der Waals surface area contributed by atoms with Gasteiger partial charge in [-0.3, -0.25) is 0 Å². The van der Waals surface area contributed by atoms with Crippen LogP contribution in [0, 0.1) is 11.3 Å². The lowest BCUT2D eigenvalue weighted by atomic mass is 10.2. The van der Waals surface area contributed by atoms with Gasteiger partial charge in [0.2, 0.25) is 0 Å². The van der Waals surface area contributed by atoms with Gasteiger partial charge in [-0.05, 0) is 36.5 Å². The molecule has 3 aromatic rings. The van der Waals surface area contributed by atoms with Crippen LogP contribution in [0.4, 0.5) is 5.69 Å². The van der Waals surface area contributed by atoms with E-state index >= 15 is 0 Å². The van der Waals surface area contributed by atoms with E-state index in [9.17, 15) is 0 Å². The van der Waals surface area contributed by atoms with Gasteiger partial charge >= 0.3 is 0 Å². The van der Waals surface area contributed by atoms with E-state index in [1.54, 1.807) is 18.3 Å². The average molecular weight is 382 g/mol. The molecule has 1 atom stereocenters. The van der Waals surface area contributed by atoms with Crippen LogP contribution in [0.2, 0.25) is 0 Å². The molecule has 0 fully saturated rings. The third-order valence-corrected chi connectivity index (χ3v) is 5.12. The molecule has 6 heteroatoms. The maximum atomic E-state index is 9.01. The van der Waals surface area contributed by atoms with Gasteiger partial charge in [0.05, 0.1) is 29.3 Å². The van der Waals surface area contributed by atoms with Crippen molar-refractivity contribution in [2.75, 3.05) is 18.0 Å². The number of nitrogens with zero attached hydrogens (tertiary/aromatic N) is 3. The summed E-state index contributed by atoms with van der Waals surface area (Å²) in [5.41, 5.74) is 2.02. The molecule has 132 valence electrons. The topological polar surface area (TPSA) is 49.1 Å². The molecule has 0 aliphatic carbocycles. The molecular formula is C20H19N3OS2. The number of fused-ring (bicyclic) bond motifs is 1. The molecule has 0 radical (unpaired) electrons. The highest BCUT2D eigenvalue weighted by Crippen LogP contribution is 2.30. The molecule has 0 aliphatic rings. The van der Waals surface area contributed by atoms with Crippen LogP contribution in [-0.4, -0.2) is 23.1 Å². The predicted molar refractivity (Wildman–Crippen MR) is 111 cm³/mol. The van der Waals surface area contributed by atoms with Gasteiger partial charge in [0.1, 0.15) is 5.01 Å². The highest BCUT2D eigenvalue weighted by atomic mass is 32.1. The lowest BCUT2D eigenvalue weighted by molar-refractivity contribution is 0.201. The van der Waals surface area contributed by atoms with Crippen molar-refractivity contribution in [3.05, 3.63) is 59.6 Å². The number of ether oxygens (including phenoxy) is 1. The first-order valence-corrected chi connectivity index (χ1v) is 9.59. The minimum atomic E-state index is -0.274. The van der Waals surface area contributed by atoms with Gasteiger partial charge in [0.15, 0.2) is 11.2 Å². The van der Waals surface area contributed by atoms with Crippen LogP contribution in [-0.2, 0) is 4.74 Å². The maximum absolute atomic E-state index is 9.01. The summed E-state index contributed by atoms with van der Waals surface area (Å²) in [6.07, 6.45) is 0.168. The van der Waals surface area contributed by atoms with Crippen LogP contribution in [0.5, 0.6) is 0 Å². The van der Waals surface area contributed by atoms with Crippen molar-refractivity contribution in [1.29, 1.82) is 5.26 Å². The van der Waals surface area contributed by atoms with Crippen LogP contribution in [0.1, 0.15) is 24.5 Å². The Morgan fingerprint density at radius 3 is 2.65 bits per heavy atom. The maximum Gasteiger partial charge on any atom is 0.168 e. The summed E-state index contributed by atoms with van der Waals surface area (Å²) in [5.74, 6) is 0. The number of hydrogen-bond acceptors (Lipinski definition) is 6. The van der Waals surface area contributed by atoms with Crippen LogP contribution < -0.4 is 4.90 Å². The van der Waals surface area contributed by atoms with E-state index in [0.29, 0.717) is 24.6 Å². The second-order valence-electron chi connectivity index (χ2n) is 5.81. The number of nitriles is 1. The van der Waals surface area contributed by atoms with Crippen molar-refractivity contribution in [2.24, 2.45) is 0 Å². The molecule has 0 spiro atoms. The van der Waals surface area contributed by atoms with Gasteiger partial charge in [-0.15, -0.1) is 11.3 Å². The molecule has 1 aromatic heterocycles. The van der Waals surface area contributed by atoms with Crippen LogP contribution in [0.3, 0.4) is 0 Å². The van der Waals surface area contributed by atoms with Gasteiger partial charge < -0.3 is 9.64 Å². The largest absolute Gasteiger partial charge is 0.475 e. The van der Waals surface area contributed by atoms with Gasteiger partial charge in [-0.25, -0.2) is 4.98 Å². The Kier molecular flexibility index (Phi) is 6.16. The fourth-order valence-corrected chi connectivity index (χ4v) is 3.85. The molecule has 3 rings (SSSR count). The smallest absolute Gasteiger partial charge is 0.168 e. The Labute approximate surface area is 162 Å². The zero-order chi connectivity index (χ0) is 18.4. The van der Waals surface area contributed by atoms with Gasteiger partial charge in [0, 0.05) is 19.2 Å². The summed E-state index contributed by atoms with van der Waals surface area (Å²) in [7, 11) is 0. The van der Waals surface area contributed by atoms with Crippen LogP contribution in [0.25, 0.3) is 10.2 Å². The summed E-state index contributed by atoms with van der Waals surface area (Å²) in [4.78, 5) is 6.89.